The first-order valence-electron chi connectivity index (χ1n) is 4.95. The summed E-state index contributed by atoms with van der Waals surface area (Å²) in [6, 6.07) is 5.80. The van der Waals surface area contributed by atoms with Crippen LogP contribution in [-0.4, -0.2) is 18.4 Å². The molecule has 0 aliphatic rings. The minimum atomic E-state index is -3.81. The lowest BCUT2D eigenvalue weighted by atomic mass is 10.3. The second kappa shape index (κ2) is 5.32. The Labute approximate surface area is 123 Å². The van der Waals surface area contributed by atoms with E-state index in [0.29, 0.717) is 10.2 Å². The third-order valence-electron chi connectivity index (χ3n) is 2.09. The zero-order valence-electron chi connectivity index (χ0n) is 9.34. The number of halogens is 2. The predicted molar refractivity (Wildman–Crippen MR) is 76.4 cm³/mol. The van der Waals surface area contributed by atoms with Crippen molar-refractivity contribution in [2.24, 2.45) is 0 Å². The van der Waals surface area contributed by atoms with Crippen molar-refractivity contribution in [2.45, 2.75) is 4.90 Å². The molecule has 0 amide bonds. The third-order valence-corrected chi connectivity index (χ3v) is 4.61. The molecule has 0 fully saturated rings. The van der Waals surface area contributed by atoms with Gasteiger partial charge in [0.25, 0.3) is 10.0 Å². The van der Waals surface area contributed by atoms with E-state index in [0.717, 1.165) is 0 Å². The molecule has 0 saturated heterocycles. The van der Waals surface area contributed by atoms with Crippen molar-refractivity contribution in [3.8, 4) is 0 Å². The van der Waals surface area contributed by atoms with Gasteiger partial charge in [0.2, 0.25) is 5.95 Å². The van der Waals surface area contributed by atoms with Gasteiger partial charge in [0, 0.05) is 16.4 Å². The number of benzene rings is 1. The Kier molecular flexibility index (Phi) is 3.93. The maximum absolute atomic E-state index is 12.1. The van der Waals surface area contributed by atoms with Crippen LogP contribution in [0.15, 0.2) is 39.8 Å². The highest BCUT2D eigenvalue weighted by molar-refractivity contribution is 9.10. The smallest absolute Gasteiger partial charge is 0.265 e. The van der Waals surface area contributed by atoms with Gasteiger partial charge in [0.15, 0.2) is 0 Å². The van der Waals surface area contributed by atoms with E-state index in [9.17, 15) is 8.42 Å². The van der Waals surface area contributed by atoms with Gasteiger partial charge in [-0.3, -0.25) is 0 Å². The fraction of sp³-hybridized carbons (Fsp3) is 0. The summed E-state index contributed by atoms with van der Waals surface area (Å²) in [7, 11) is -3.81. The van der Waals surface area contributed by atoms with Crippen LogP contribution >= 0.6 is 27.5 Å². The average molecular weight is 364 g/mol. The maximum Gasteiger partial charge on any atom is 0.265 e. The molecular formula is C10H8BrClN4O2S. The van der Waals surface area contributed by atoms with Crippen LogP contribution in [-0.2, 0) is 10.0 Å². The Hall–Kier alpha value is -1.38. The molecule has 0 radical (unpaired) electrons. The standard InChI is InChI=1S/C10H8BrClN4O2S/c11-7-5-6(13)1-2-8(7)19(17,18)16-10-14-4-3-9(12)15-10/h1-5H,13H2,(H,14,15,16). The second-order valence-electron chi connectivity index (χ2n) is 3.50. The van der Waals surface area contributed by atoms with Crippen LogP contribution in [0.1, 0.15) is 0 Å². The van der Waals surface area contributed by atoms with Gasteiger partial charge in [0.1, 0.15) is 10.0 Å². The molecule has 0 aliphatic heterocycles. The maximum atomic E-state index is 12.1. The number of nitrogens with two attached hydrogens (primary N) is 1. The van der Waals surface area contributed by atoms with E-state index in [2.05, 4.69) is 30.6 Å². The number of rotatable bonds is 3. The van der Waals surface area contributed by atoms with Gasteiger partial charge < -0.3 is 5.73 Å². The van der Waals surface area contributed by atoms with E-state index in [1.165, 1.54) is 30.5 Å². The molecule has 2 aromatic rings. The van der Waals surface area contributed by atoms with Crippen molar-refractivity contribution in [1.29, 1.82) is 0 Å². The summed E-state index contributed by atoms with van der Waals surface area (Å²) in [5.41, 5.74) is 6.00. The number of aromatic nitrogens is 2. The van der Waals surface area contributed by atoms with Gasteiger partial charge >= 0.3 is 0 Å². The van der Waals surface area contributed by atoms with E-state index in [1.54, 1.807) is 0 Å². The lowest BCUT2D eigenvalue weighted by Crippen LogP contribution is -2.15. The van der Waals surface area contributed by atoms with Crippen LogP contribution in [0, 0.1) is 0 Å². The number of hydrogen-bond donors (Lipinski definition) is 2. The highest BCUT2D eigenvalue weighted by atomic mass is 79.9. The summed E-state index contributed by atoms with van der Waals surface area (Å²) in [5, 5.41) is 0.143. The van der Waals surface area contributed by atoms with Crippen molar-refractivity contribution in [3.63, 3.8) is 0 Å². The molecule has 0 unspecified atom stereocenters. The molecule has 9 heteroatoms. The van der Waals surface area contributed by atoms with E-state index >= 15 is 0 Å². The van der Waals surface area contributed by atoms with E-state index < -0.39 is 10.0 Å². The van der Waals surface area contributed by atoms with Gasteiger partial charge in [-0.25, -0.2) is 23.1 Å². The average Bonchev–Trinajstić information content (AvgIpc) is 2.27. The quantitative estimate of drug-likeness (QED) is 0.644. The monoisotopic (exact) mass is 362 g/mol. The first kappa shape index (κ1) is 14.0. The highest BCUT2D eigenvalue weighted by Crippen LogP contribution is 2.25. The summed E-state index contributed by atoms with van der Waals surface area (Å²) in [6.07, 6.45) is 1.35. The zero-order chi connectivity index (χ0) is 14.0. The summed E-state index contributed by atoms with van der Waals surface area (Å²) in [4.78, 5) is 7.56. The Balaban J connectivity index is 2.38. The molecule has 0 saturated carbocycles. The molecule has 0 bridgehead atoms. The second-order valence-corrected chi connectivity index (χ2v) is 6.39. The molecular weight excluding hydrogens is 356 g/mol. The lowest BCUT2D eigenvalue weighted by molar-refractivity contribution is 0.600. The van der Waals surface area contributed by atoms with Gasteiger partial charge in [0.05, 0.1) is 0 Å². The minimum Gasteiger partial charge on any atom is -0.399 e. The van der Waals surface area contributed by atoms with Crippen molar-refractivity contribution < 1.29 is 8.42 Å². The molecule has 100 valence electrons. The number of nitrogens with zero attached hydrogens (tertiary/aromatic N) is 2. The van der Waals surface area contributed by atoms with E-state index in [4.69, 9.17) is 17.3 Å². The number of anilines is 2. The van der Waals surface area contributed by atoms with Gasteiger partial charge in [-0.2, -0.15) is 0 Å². The Morgan fingerprint density at radius 3 is 2.68 bits per heavy atom. The number of nitrogens with one attached hydrogen (secondary N) is 1. The van der Waals surface area contributed by atoms with Crippen molar-refractivity contribution >= 4 is 49.2 Å². The SMILES string of the molecule is Nc1ccc(S(=O)(=O)Nc2nccc(Cl)n2)c(Br)c1. The van der Waals surface area contributed by atoms with Crippen molar-refractivity contribution in [2.75, 3.05) is 10.5 Å². The topological polar surface area (TPSA) is 98.0 Å². The summed E-state index contributed by atoms with van der Waals surface area (Å²) in [5.74, 6) is -0.101. The van der Waals surface area contributed by atoms with Gasteiger partial charge in [-0.1, -0.05) is 11.6 Å². The summed E-state index contributed by atoms with van der Waals surface area (Å²) >= 11 is 8.80. The summed E-state index contributed by atoms with van der Waals surface area (Å²) in [6.45, 7) is 0. The van der Waals surface area contributed by atoms with Crippen molar-refractivity contribution in [1.82, 2.24) is 9.97 Å². The van der Waals surface area contributed by atoms with E-state index in [-0.39, 0.29) is 16.0 Å². The molecule has 0 atom stereocenters. The molecule has 2 rings (SSSR count). The van der Waals surface area contributed by atoms with E-state index in [1.807, 2.05) is 0 Å². The van der Waals surface area contributed by atoms with Gasteiger partial charge in [-0.15, -0.1) is 0 Å². The molecule has 1 aromatic carbocycles. The normalized spacial score (nSPS) is 11.3. The molecule has 19 heavy (non-hydrogen) atoms. The highest BCUT2D eigenvalue weighted by Gasteiger charge is 2.19. The lowest BCUT2D eigenvalue weighted by Gasteiger charge is -2.08. The largest absolute Gasteiger partial charge is 0.399 e. The van der Waals surface area contributed by atoms with Crippen LogP contribution in [0.25, 0.3) is 0 Å². The fourth-order valence-electron chi connectivity index (χ4n) is 1.30. The Morgan fingerprint density at radius 1 is 1.32 bits per heavy atom. The first-order valence-corrected chi connectivity index (χ1v) is 7.60. The molecule has 6 nitrogen and oxygen atoms in total. The Bertz CT molecular complexity index is 723. The molecule has 1 aromatic heterocycles. The van der Waals surface area contributed by atoms with Crippen LogP contribution in [0.2, 0.25) is 5.15 Å². The number of nitrogen functional groups attached to an aromatic ring is 1. The van der Waals surface area contributed by atoms with Crippen LogP contribution < -0.4 is 10.5 Å². The molecule has 1 heterocycles. The number of hydrogen-bond acceptors (Lipinski definition) is 5. The molecule has 0 aliphatic carbocycles. The van der Waals surface area contributed by atoms with Crippen LogP contribution in [0.4, 0.5) is 11.6 Å². The molecule has 3 N–H and O–H groups in total. The zero-order valence-corrected chi connectivity index (χ0v) is 12.5. The van der Waals surface area contributed by atoms with Crippen LogP contribution in [0.3, 0.4) is 0 Å². The Morgan fingerprint density at radius 2 is 2.05 bits per heavy atom. The first-order chi connectivity index (χ1) is 8.88. The molecule has 0 spiro atoms. The third kappa shape index (κ3) is 3.34. The number of sulfonamides is 1. The summed E-state index contributed by atoms with van der Waals surface area (Å²) < 4.78 is 26.9. The fourth-order valence-corrected chi connectivity index (χ4v) is 3.48. The minimum absolute atomic E-state index is 0.0327. The van der Waals surface area contributed by atoms with Gasteiger partial charge in [-0.05, 0) is 40.2 Å². The van der Waals surface area contributed by atoms with Crippen LogP contribution in [0.5, 0.6) is 0 Å². The predicted octanol–water partition coefficient (Wildman–Crippen LogP) is 2.28. The van der Waals surface area contributed by atoms with Crippen molar-refractivity contribution in [3.05, 3.63) is 40.1 Å².